The van der Waals surface area contributed by atoms with Gasteiger partial charge in [-0.05, 0) is 12.1 Å². The number of halogens is 4. The van der Waals surface area contributed by atoms with Gasteiger partial charge >= 0.3 is 6.18 Å². The molecule has 0 spiro atoms. The van der Waals surface area contributed by atoms with Gasteiger partial charge in [-0.25, -0.2) is 0 Å². The molecule has 106 valence electrons. The highest BCUT2D eigenvalue weighted by molar-refractivity contribution is 8.00. The van der Waals surface area contributed by atoms with Crippen molar-refractivity contribution >= 4 is 29.1 Å². The van der Waals surface area contributed by atoms with Gasteiger partial charge in [0, 0.05) is 11.9 Å². The number of hydrogen-bond acceptors (Lipinski definition) is 4. The molecule has 1 aromatic rings. The van der Waals surface area contributed by atoms with E-state index in [1.165, 1.54) is 7.05 Å². The molecule has 2 atom stereocenters. The van der Waals surface area contributed by atoms with Crippen LogP contribution in [0.2, 0.25) is 5.02 Å². The lowest BCUT2D eigenvalue weighted by atomic mass is 10.1. The van der Waals surface area contributed by atoms with Crippen LogP contribution in [0.15, 0.2) is 34.3 Å². The molecule has 0 radical (unpaired) electrons. The van der Waals surface area contributed by atoms with E-state index >= 15 is 0 Å². The summed E-state index contributed by atoms with van der Waals surface area (Å²) in [6.45, 7) is 0. The highest BCUT2D eigenvalue weighted by Crippen LogP contribution is 2.40. The summed E-state index contributed by atoms with van der Waals surface area (Å²) in [5.41, 5.74) is -1.06. The first kappa shape index (κ1) is 15.0. The summed E-state index contributed by atoms with van der Waals surface area (Å²) in [6, 6.07) is 8.48. The summed E-state index contributed by atoms with van der Waals surface area (Å²) >= 11 is 7.08. The highest BCUT2D eigenvalue weighted by Gasteiger charge is 2.50. The van der Waals surface area contributed by atoms with Gasteiger partial charge < -0.3 is 0 Å². The Morgan fingerprint density at radius 3 is 2.60 bits per heavy atom. The van der Waals surface area contributed by atoms with Gasteiger partial charge in [0.15, 0.2) is 5.71 Å². The number of nitrogens with zero attached hydrogens (tertiary/aromatic N) is 3. The number of rotatable bonds is 2. The summed E-state index contributed by atoms with van der Waals surface area (Å²) in [7, 11) is 1.41. The molecule has 1 heterocycles. The average Bonchev–Trinajstić information content (AvgIpc) is 2.69. The molecular weight excluding hydrogens is 311 g/mol. The van der Waals surface area contributed by atoms with Crippen LogP contribution in [0, 0.1) is 17.2 Å². The molecule has 3 nitrogen and oxygen atoms in total. The Kier molecular flexibility index (Phi) is 4.16. The Morgan fingerprint density at radius 2 is 2.05 bits per heavy atom. The van der Waals surface area contributed by atoms with Crippen LogP contribution < -0.4 is 0 Å². The first-order valence-electron chi connectivity index (χ1n) is 5.54. The lowest BCUT2D eigenvalue weighted by Gasteiger charge is -2.21. The molecular formula is C12H9ClF3N3S. The lowest BCUT2D eigenvalue weighted by molar-refractivity contribution is -0.0612. The first-order chi connectivity index (χ1) is 9.34. The van der Waals surface area contributed by atoms with Crippen molar-refractivity contribution in [2.75, 3.05) is 7.05 Å². The Labute approximate surface area is 123 Å². The van der Waals surface area contributed by atoms with Gasteiger partial charge in [0.25, 0.3) is 0 Å². The molecule has 1 unspecified atom stereocenters. The summed E-state index contributed by atoms with van der Waals surface area (Å²) in [4.78, 5) is 0.616. The fraction of sp³-hybridized carbons (Fsp3) is 0.333. The Balaban J connectivity index is 2.27. The van der Waals surface area contributed by atoms with Crippen molar-refractivity contribution in [1.82, 2.24) is 5.01 Å². The zero-order valence-electron chi connectivity index (χ0n) is 10.2. The molecule has 8 heteroatoms. The van der Waals surface area contributed by atoms with Crippen molar-refractivity contribution in [3.05, 3.63) is 29.3 Å². The predicted molar refractivity (Wildman–Crippen MR) is 71.5 cm³/mol. The van der Waals surface area contributed by atoms with Crippen LogP contribution in [0.1, 0.15) is 0 Å². The van der Waals surface area contributed by atoms with E-state index in [2.05, 4.69) is 5.10 Å². The number of nitriles is 1. The molecule has 0 amide bonds. The van der Waals surface area contributed by atoms with Gasteiger partial charge in [0.1, 0.15) is 11.3 Å². The molecule has 1 aromatic carbocycles. The highest BCUT2D eigenvalue weighted by atomic mass is 35.5. The summed E-state index contributed by atoms with van der Waals surface area (Å²) in [5, 5.41) is 13.3. The Hall–Kier alpha value is -1.39. The van der Waals surface area contributed by atoms with Crippen molar-refractivity contribution in [2.24, 2.45) is 11.0 Å². The van der Waals surface area contributed by atoms with Crippen LogP contribution >= 0.6 is 23.4 Å². The second kappa shape index (κ2) is 5.54. The maximum absolute atomic E-state index is 12.8. The SMILES string of the molecule is CN1N=C(C(F)(F)F)C(C#N)[C@@H]1Sc1ccccc1Cl. The normalized spacial score (nSPS) is 22.6. The molecule has 0 saturated carbocycles. The standard InChI is InChI=1S/C12H9ClF3N3S/c1-19-11(20-9-5-3-2-4-8(9)13)7(6-17)10(18-19)12(14,15)16/h2-5,7,11H,1H3/t7?,11-/m0/s1. The van der Waals surface area contributed by atoms with Crippen LogP contribution in [-0.4, -0.2) is 29.3 Å². The third-order valence-electron chi connectivity index (χ3n) is 2.73. The zero-order valence-corrected chi connectivity index (χ0v) is 11.8. The molecule has 1 aliphatic rings. The van der Waals surface area contributed by atoms with Crippen LogP contribution in [0.25, 0.3) is 0 Å². The number of benzene rings is 1. The quantitative estimate of drug-likeness (QED) is 0.833. The van der Waals surface area contributed by atoms with E-state index in [1.807, 2.05) is 0 Å². The Morgan fingerprint density at radius 1 is 1.40 bits per heavy atom. The molecule has 0 fully saturated rings. The van der Waals surface area contributed by atoms with Crippen LogP contribution in [0.3, 0.4) is 0 Å². The summed E-state index contributed by atoms with van der Waals surface area (Å²) in [5.74, 6) is -1.35. The number of thioether (sulfide) groups is 1. The van der Waals surface area contributed by atoms with Crippen molar-refractivity contribution < 1.29 is 13.2 Å². The van der Waals surface area contributed by atoms with E-state index in [1.54, 1.807) is 30.3 Å². The molecule has 2 rings (SSSR count). The fourth-order valence-corrected chi connectivity index (χ4v) is 3.21. The minimum atomic E-state index is -4.61. The molecule has 20 heavy (non-hydrogen) atoms. The van der Waals surface area contributed by atoms with Gasteiger partial charge in [0.2, 0.25) is 0 Å². The van der Waals surface area contributed by atoms with E-state index < -0.39 is 23.2 Å². The molecule has 0 N–H and O–H groups in total. The summed E-state index contributed by atoms with van der Waals surface area (Å²) in [6.07, 6.45) is -4.61. The molecule has 0 aliphatic carbocycles. The van der Waals surface area contributed by atoms with Gasteiger partial charge in [-0.3, -0.25) is 5.01 Å². The van der Waals surface area contributed by atoms with Gasteiger partial charge in [-0.1, -0.05) is 35.5 Å². The monoisotopic (exact) mass is 319 g/mol. The maximum atomic E-state index is 12.8. The lowest BCUT2D eigenvalue weighted by Crippen LogP contribution is -2.33. The van der Waals surface area contributed by atoms with E-state index in [-0.39, 0.29) is 0 Å². The second-order valence-corrected chi connectivity index (χ2v) is 5.67. The Bertz CT molecular complexity index is 582. The molecule has 0 saturated heterocycles. The topological polar surface area (TPSA) is 39.4 Å². The van der Waals surface area contributed by atoms with E-state index in [0.717, 1.165) is 16.8 Å². The van der Waals surface area contributed by atoms with E-state index in [0.29, 0.717) is 9.92 Å². The number of alkyl halides is 3. The van der Waals surface area contributed by atoms with Gasteiger partial charge in [-0.15, -0.1) is 0 Å². The number of hydrazone groups is 1. The minimum Gasteiger partial charge on any atom is -0.285 e. The third kappa shape index (κ3) is 2.86. The van der Waals surface area contributed by atoms with E-state index in [4.69, 9.17) is 16.9 Å². The second-order valence-electron chi connectivity index (χ2n) is 4.10. The smallest absolute Gasteiger partial charge is 0.285 e. The van der Waals surface area contributed by atoms with Gasteiger partial charge in [0.05, 0.1) is 11.1 Å². The van der Waals surface area contributed by atoms with Crippen molar-refractivity contribution in [2.45, 2.75) is 16.4 Å². The largest absolute Gasteiger partial charge is 0.432 e. The maximum Gasteiger partial charge on any atom is 0.432 e. The average molecular weight is 320 g/mol. The third-order valence-corrected chi connectivity index (χ3v) is 4.60. The van der Waals surface area contributed by atoms with Crippen molar-refractivity contribution in [3.8, 4) is 6.07 Å². The molecule has 1 aliphatic heterocycles. The zero-order chi connectivity index (χ0) is 14.9. The van der Waals surface area contributed by atoms with Crippen LogP contribution in [-0.2, 0) is 0 Å². The summed E-state index contributed by atoms with van der Waals surface area (Å²) < 4.78 is 38.5. The van der Waals surface area contributed by atoms with Crippen LogP contribution in [0.4, 0.5) is 13.2 Å². The first-order valence-corrected chi connectivity index (χ1v) is 6.79. The predicted octanol–water partition coefficient (Wildman–Crippen LogP) is 3.76. The van der Waals surface area contributed by atoms with Crippen LogP contribution in [0.5, 0.6) is 0 Å². The molecule has 0 aromatic heterocycles. The van der Waals surface area contributed by atoms with Gasteiger partial charge in [-0.2, -0.15) is 23.5 Å². The molecule has 0 bridgehead atoms. The number of hydrogen-bond donors (Lipinski definition) is 0. The van der Waals surface area contributed by atoms with Crippen molar-refractivity contribution in [3.63, 3.8) is 0 Å². The van der Waals surface area contributed by atoms with Crippen molar-refractivity contribution in [1.29, 1.82) is 5.26 Å². The van der Waals surface area contributed by atoms with E-state index in [9.17, 15) is 13.2 Å². The fourth-order valence-electron chi connectivity index (χ4n) is 1.81. The minimum absolute atomic E-state index is 0.433.